The van der Waals surface area contributed by atoms with Crippen molar-refractivity contribution in [1.82, 2.24) is 30.0 Å². The van der Waals surface area contributed by atoms with Gasteiger partial charge in [-0.1, -0.05) is 29.8 Å². The van der Waals surface area contributed by atoms with E-state index in [-0.39, 0.29) is 35.5 Å². The number of aromatic nitrogens is 2. The van der Waals surface area contributed by atoms with Crippen molar-refractivity contribution in [3.05, 3.63) is 87.7 Å². The van der Waals surface area contributed by atoms with Gasteiger partial charge in [-0.25, -0.2) is 9.97 Å². The Bertz CT molecular complexity index is 2050. The van der Waals surface area contributed by atoms with Gasteiger partial charge in [0.05, 0.1) is 22.7 Å². The number of halogens is 1. The standard InChI is InChI=1S/C40H43ClN8O4/c41-30-11-14-42-37-36(30)40(24-43-37,28-6-7-28)32-3-1-4-33(44-32)48-20-19-47(23-35(48)51)16-2-15-46-17-12-25(13-18-46)26-5-8-29-27(21-26)22-49(39(29)53)31-9-10-34(50)45-38(31)52/h1,3-5,8,11-12,14,21,28,31H,2,6-7,9-10,13,15-20,22-24H2,(H,42,43)(H,45,50,52). The Morgan fingerprint density at radius 1 is 0.925 bits per heavy atom. The second-order valence-electron chi connectivity index (χ2n) is 15.2. The molecule has 7 heterocycles. The zero-order chi connectivity index (χ0) is 36.3. The van der Waals surface area contributed by atoms with Gasteiger partial charge in [-0.2, -0.15) is 0 Å². The van der Waals surface area contributed by atoms with Crippen molar-refractivity contribution in [2.75, 3.05) is 62.6 Å². The van der Waals surface area contributed by atoms with Gasteiger partial charge in [0.1, 0.15) is 17.7 Å². The third kappa shape index (κ3) is 6.20. The first-order valence-corrected chi connectivity index (χ1v) is 19.2. The van der Waals surface area contributed by atoms with Crippen LogP contribution in [0.3, 0.4) is 0 Å². The number of carbonyl (C=O) groups excluding carboxylic acids is 4. The number of carbonyl (C=O) groups is 4. The Morgan fingerprint density at radius 2 is 1.79 bits per heavy atom. The molecule has 9 rings (SSSR count). The number of amides is 4. The highest BCUT2D eigenvalue weighted by molar-refractivity contribution is 6.32. The Balaban J connectivity index is 0.774. The van der Waals surface area contributed by atoms with Crippen molar-refractivity contribution in [2.24, 2.45) is 5.92 Å². The molecule has 1 aromatic carbocycles. The number of nitrogens with one attached hydrogen (secondary N) is 2. The molecule has 5 aliphatic heterocycles. The molecule has 6 aliphatic rings. The van der Waals surface area contributed by atoms with E-state index in [1.54, 1.807) is 11.1 Å². The summed E-state index contributed by atoms with van der Waals surface area (Å²) >= 11 is 6.77. The van der Waals surface area contributed by atoms with E-state index in [0.29, 0.717) is 54.9 Å². The van der Waals surface area contributed by atoms with Gasteiger partial charge in [0.15, 0.2) is 0 Å². The highest BCUT2D eigenvalue weighted by Crippen LogP contribution is 2.56. The zero-order valence-corrected chi connectivity index (χ0v) is 30.4. The fraction of sp³-hybridized carbons (Fsp3) is 0.450. The molecule has 3 fully saturated rings. The lowest BCUT2D eigenvalue weighted by Gasteiger charge is -2.35. The van der Waals surface area contributed by atoms with Gasteiger partial charge in [-0.3, -0.25) is 39.2 Å². The lowest BCUT2D eigenvalue weighted by molar-refractivity contribution is -0.137. The molecule has 274 valence electrons. The van der Waals surface area contributed by atoms with E-state index in [9.17, 15) is 19.2 Å². The number of piperidine rings is 1. The summed E-state index contributed by atoms with van der Waals surface area (Å²) in [5, 5.41) is 6.56. The predicted molar refractivity (Wildman–Crippen MR) is 200 cm³/mol. The van der Waals surface area contributed by atoms with Gasteiger partial charge in [0.25, 0.3) is 5.91 Å². The zero-order valence-electron chi connectivity index (χ0n) is 29.7. The molecule has 0 bridgehead atoms. The first kappa shape index (κ1) is 34.1. The van der Waals surface area contributed by atoms with Gasteiger partial charge < -0.3 is 10.2 Å². The Kier molecular flexibility index (Phi) is 8.79. The van der Waals surface area contributed by atoms with Crippen LogP contribution in [0.1, 0.15) is 71.3 Å². The molecule has 1 aliphatic carbocycles. The normalized spacial score (nSPS) is 24.9. The van der Waals surface area contributed by atoms with Crippen molar-refractivity contribution in [1.29, 1.82) is 0 Å². The van der Waals surface area contributed by atoms with Crippen LogP contribution in [0.2, 0.25) is 5.02 Å². The third-order valence-corrected chi connectivity index (χ3v) is 12.4. The van der Waals surface area contributed by atoms with E-state index in [1.165, 1.54) is 5.57 Å². The number of pyridine rings is 2. The highest BCUT2D eigenvalue weighted by atomic mass is 35.5. The van der Waals surface area contributed by atoms with Crippen LogP contribution in [0.15, 0.2) is 54.7 Å². The van der Waals surface area contributed by atoms with Crippen LogP contribution in [0.25, 0.3) is 5.57 Å². The van der Waals surface area contributed by atoms with Crippen LogP contribution >= 0.6 is 11.6 Å². The molecular formula is C40H43ClN8O4. The minimum absolute atomic E-state index is 0.0767. The van der Waals surface area contributed by atoms with Crippen LogP contribution in [0.4, 0.5) is 11.6 Å². The Labute approximate surface area is 313 Å². The van der Waals surface area contributed by atoms with E-state index in [0.717, 1.165) is 86.6 Å². The van der Waals surface area contributed by atoms with E-state index in [4.69, 9.17) is 16.6 Å². The molecule has 2 aromatic heterocycles. The lowest BCUT2D eigenvalue weighted by atomic mass is 9.75. The Morgan fingerprint density at radius 3 is 2.58 bits per heavy atom. The molecule has 4 amide bonds. The molecule has 3 aromatic rings. The molecule has 53 heavy (non-hydrogen) atoms. The maximum atomic E-state index is 13.5. The largest absolute Gasteiger partial charge is 0.368 e. The summed E-state index contributed by atoms with van der Waals surface area (Å²) in [6, 6.07) is 13.3. The first-order chi connectivity index (χ1) is 25.8. The lowest BCUT2D eigenvalue weighted by Crippen LogP contribution is -2.52. The fourth-order valence-electron chi connectivity index (χ4n) is 9.11. The van der Waals surface area contributed by atoms with Crippen molar-refractivity contribution < 1.29 is 19.2 Å². The molecular weight excluding hydrogens is 692 g/mol. The molecule has 0 spiro atoms. The average molecular weight is 735 g/mol. The minimum atomic E-state index is -0.605. The predicted octanol–water partition coefficient (Wildman–Crippen LogP) is 3.84. The second-order valence-corrected chi connectivity index (χ2v) is 15.6. The molecule has 2 unspecified atom stereocenters. The van der Waals surface area contributed by atoms with Crippen LogP contribution in [0.5, 0.6) is 0 Å². The molecule has 2 N–H and O–H groups in total. The molecule has 2 atom stereocenters. The number of hydrogen-bond donors (Lipinski definition) is 2. The summed E-state index contributed by atoms with van der Waals surface area (Å²) in [5.74, 6) is 1.25. The number of imide groups is 1. The number of piperazine rings is 1. The topological polar surface area (TPSA) is 131 Å². The average Bonchev–Trinajstić information content (AvgIpc) is 3.87. The molecule has 12 nitrogen and oxygen atoms in total. The summed E-state index contributed by atoms with van der Waals surface area (Å²) in [4.78, 5) is 68.5. The first-order valence-electron chi connectivity index (χ1n) is 18.9. The van der Waals surface area contributed by atoms with Crippen molar-refractivity contribution in [3.63, 3.8) is 0 Å². The van der Waals surface area contributed by atoms with Gasteiger partial charge in [0, 0.05) is 63.0 Å². The maximum absolute atomic E-state index is 13.5. The number of anilines is 2. The van der Waals surface area contributed by atoms with Gasteiger partial charge in [-0.05, 0) is 98.1 Å². The number of rotatable bonds is 9. The number of benzene rings is 1. The summed E-state index contributed by atoms with van der Waals surface area (Å²) in [6.45, 7) is 6.50. The van der Waals surface area contributed by atoms with Gasteiger partial charge in [0.2, 0.25) is 17.7 Å². The van der Waals surface area contributed by atoms with Crippen LogP contribution in [0, 0.1) is 5.92 Å². The molecule has 0 radical (unpaired) electrons. The highest BCUT2D eigenvalue weighted by Gasteiger charge is 2.54. The van der Waals surface area contributed by atoms with E-state index in [1.807, 2.05) is 35.2 Å². The van der Waals surface area contributed by atoms with E-state index >= 15 is 0 Å². The number of hydrogen-bond acceptors (Lipinski definition) is 9. The van der Waals surface area contributed by atoms with Crippen LogP contribution in [-0.4, -0.2) is 107 Å². The fourth-order valence-corrected chi connectivity index (χ4v) is 9.42. The monoisotopic (exact) mass is 734 g/mol. The Hall–Kier alpha value is -4.65. The molecule has 2 saturated heterocycles. The van der Waals surface area contributed by atoms with Crippen molar-refractivity contribution in [3.8, 4) is 0 Å². The quantitative estimate of drug-likeness (QED) is 0.315. The van der Waals surface area contributed by atoms with Crippen molar-refractivity contribution in [2.45, 2.75) is 56.5 Å². The second kappa shape index (κ2) is 13.6. The SMILES string of the molecule is O=C1CCC(N2Cc3cc(C4=CCN(CCCN5CCN(c6cccc(C7(C8CC8)CNc8nccc(Cl)c87)n6)C(=O)C5)CC4)ccc3C2=O)C(=O)N1. The summed E-state index contributed by atoms with van der Waals surface area (Å²) in [5.41, 5.74) is 5.60. The van der Waals surface area contributed by atoms with Crippen LogP contribution < -0.4 is 15.5 Å². The molecule has 1 saturated carbocycles. The van der Waals surface area contributed by atoms with Gasteiger partial charge >= 0.3 is 0 Å². The molecule has 13 heteroatoms. The van der Waals surface area contributed by atoms with Crippen LogP contribution in [-0.2, 0) is 26.3 Å². The van der Waals surface area contributed by atoms with E-state index in [2.05, 4.69) is 43.6 Å². The van der Waals surface area contributed by atoms with E-state index < -0.39 is 6.04 Å². The van der Waals surface area contributed by atoms with Gasteiger partial charge in [-0.15, -0.1) is 0 Å². The maximum Gasteiger partial charge on any atom is 0.255 e. The third-order valence-electron chi connectivity index (χ3n) is 12.1. The minimum Gasteiger partial charge on any atom is -0.368 e. The summed E-state index contributed by atoms with van der Waals surface area (Å²) in [7, 11) is 0. The summed E-state index contributed by atoms with van der Waals surface area (Å²) in [6.07, 6.45) is 8.77. The smallest absolute Gasteiger partial charge is 0.255 e. The number of fused-ring (bicyclic) bond motifs is 2. The summed E-state index contributed by atoms with van der Waals surface area (Å²) < 4.78 is 0. The van der Waals surface area contributed by atoms with Crippen molar-refractivity contribution >= 4 is 52.4 Å². The number of nitrogens with zero attached hydrogens (tertiary/aromatic N) is 6.